The van der Waals surface area contributed by atoms with E-state index in [1.54, 1.807) is 0 Å². The lowest BCUT2D eigenvalue weighted by Crippen LogP contribution is -2.31. The van der Waals surface area contributed by atoms with Gasteiger partial charge in [-0.3, -0.25) is 0 Å². The summed E-state index contributed by atoms with van der Waals surface area (Å²) < 4.78 is 0. The molecule has 0 bridgehead atoms. The molecule has 1 aromatic rings. The van der Waals surface area contributed by atoms with E-state index in [4.69, 9.17) is 9.97 Å². The first-order valence-electron chi connectivity index (χ1n) is 7.85. The second kappa shape index (κ2) is 7.02. The number of nitrogens with zero attached hydrogens (tertiary/aromatic N) is 3. The van der Waals surface area contributed by atoms with Crippen LogP contribution in [0, 0.1) is 19.8 Å². The molecule has 4 heteroatoms. The zero-order valence-corrected chi connectivity index (χ0v) is 13.4. The SMILES string of the molecule is CNCC(C)Cc1c(C)nc(N2CCCCC2)nc1C. The lowest BCUT2D eigenvalue weighted by Gasteiger charge is -2.27. The Balaban J connectivity index is 2.15. The molecular formula is C16H28N4. The minimum absolute atomic E-state index is 0.613. The van der Waals surface area contributed by atoms with Crippen molar-refractivity contribution in [2.75, 3.05) is 31.6 Å². The quantitative estimate of drug-likeness (QED) is 0.897. The smallest absolute Gasteiger partial charge is 0.225 e. The Bertz CT molecular complexity index is 415. The summed E-state index contributed by atoms with van der Waals surface area (Å²) >= 11 is 0. The Hall–Kier alpha value is -1.16. The fraction of sp³-hybridized carbons (Fsp3) is 0.750. The number of piperidine rings is 1. The molecule has 1 saturated heterocycles. The molecule has 0 saturated carbocycles. The molecule has 1 N–H and O–H groups in total. The third-order valence-electron chi connectivity index (χ3n) is 4.15. The zero-order valence-electron chi connectivity index (χ0n) is 13.4. The van der Waals surface area contributed by atoms with Crippen molar-refractivity contribution < 1.29 is 0 Å². The maximum absolute atomic E-state index is 4.77. The van der Waals surface area contributed by atoms with Gasteiger partial charge in [-0.1, -0.05) is 6.92 Å². The molecule has 0 amide bonds. The van der Waals surface area contributed by atoms with Gasteiger partial charge in [-0.2, -0.15) is 0 Å². The Morgan fingerprint density at radius 3 is 2.25 bits per heavy atom. The van der Waals surface area contributed by atoms with Crippen molar-refractivity contribution in [2.24, 2.45) is 5.92 Å². The Morgan fingerprint density at radius 2 is 1.70 bits per heavy atom. The molecule has 1 unspecified atom stereocenters. The minimum atomic E-state index is 0.613. The number of hydrogen-bond acceptors (Lipinski definition) is 4. The van der Waals surface area contributed by atoms with E-state index >= 15 is 0 Å². The van der Waals surface area contributed by atoms with Crippen LogP contribution in [0.25, 0.3) is 0 Å². The van der Waals surface area contributed by atoms with Gasteiger partial charge >= 0.3 is 0 Å². The van der Waals surface area contributed by atoms with E-state index in [-0.39, 0.29) is 0 Å². The molecular weight excluding hydrogens is 248 g/mol. The average molecular weight is 276 g/mol. The van der Waals surface area contributed by atoms with Crippen LogP contribution in [0.15, 0.2) is 0 Å². The maximum Gasteiger partial charge on any atom is 0.225 e. The van der Waals surface area contributed by atoms with Gasteiger partial charge in [0, 0.05) is 24.5 Å². The number of aromatic nitrogens is 2. The van der Waals surface area contributed by atoms with Crippen LogP contribution in [-0.2, 0) is 6.42 Å². The molecule has 112 valence electrons. The van der Waals surface area contributed by atoms with Gasteiger partial charge in [0.1, 0.15) is 0 Å². The molecule has 0 radical (unpaired) electrons. The minimum Gasteiger partial charge on any atom is -0.341 e. The lowest BCUT2D eigenvalue weighted by atomic mass is 9.99. The Labute approximate surface area is 123 Å². The second-order valence-electron chi connectivity index (χ2n) is 6.09. The number of aryl methyl sites for hydroxylation is 2. The van der Waals surface area contributed by atoms with Crippen LogP contribution in [-0.4, -0.2) is 36.6 Å². The topological polar surface area (TPSA) is 41.1 Å². The van der Waals surface area contributed by atoms with Gasteiger partial charge in [0.2, 0.25) is 5.95 Å². The highest BCUT2D eigenvalue weighted by Gasteiger charge is 2.17. The summed E-state index contributed by atoms with van der Waals surface area (Å²) in [4.78, 5) is 11.9. The molecule has 1 atom stereocenters. The third-order valence-corrected chi connectivity index (χ3v) is 4.15. The summed E-state index contributed by atoms with van der Waals surface area (Å²) in [5.41, 5.74) is 3.63. The molecule has 1 fully saturated rings. The number of hydrogen-bond donors (Lipinski definition) is 1. The third kappa shape index (κ3) is 3.69. The van der Waals surface area contributed by atoms with Crippen molar-refractivity contribution in [1.82, 2.24) is 15.3 Å². The highest BCUT2D eigenvalue weighted by molar-refractivity contribution is 5.37. The fourth-order valence-corrected chi connectivity index (χ4v) is 3.02. The van der Waals surface area contributed by atoms with Gasteiger partial charge in [0.15, 0.2) is 0 Å². The molecule has 0 spiro atoms. The first-order chi connectivity index (χ1) is 9.61. The molecule has 20 heavy (non-hydrogen) atoms. The van der Waals surface area contributed by atoms with Gasteiger partial charge < -0.3 is 10.2 Å². The lowest BCUT2D eigenvalue weighted by molar-refractivity contribution is 0.535. The van der Waals surface area contributed by atoms with Crippen LogP contribution >= 0.6 is 0 Å². The summed E-state index contributed by atoms with van der Waals surface area (Å²) in [7, 11) is 2.01. The van der Waals surface area contributed by atoms with Gasteiger partial charge in [-0.15, -0.1) is 0 Å². The van der Waals surface area contributed by atoms with E-state index in [2.05, 4.69) is 31.0 Å². The van der Waals surface area contributed by atoms with E-state index in [0.29, 0.717) is 5.92 Å². The fourth-order valence-electron chi connectivity index (χ4n) is 3.02. The summed E-state index contributed by atoms with van der Waals surface area (Å²) in [6.45, 7) is 9.77. The van der Waals surface area contributed by atoms with Crippen LogP contribution in [0.2, 0.25) is 0 Å². The van der Waals surface area contributed by atoms with E-state index in [1.165, 1.54) is 24.8 Å². The molecule has 4 nitrogen and oxygen atoms in total. The predicted octanol–water partition coefficient (Wildman–Crippen LogP) is 2.48. The van der Waals surface area contributed by atoms with Gasteiger partial charge in [0.25, 0.3) is 0 Å². The van der Waals surface area contributed by atoms with Crippen LogP contribution in [0.4, 0.5) is 5.95 Å². The summed E-state index contributed by atoms with van der Waals surface area (Å²) in [5.74, 6) is 1.55. The Morgan fingerprint density at radius 1 is 1.10 bits per heavy atom. The number of rotatable bonds is 5. The van der Waals surface area contributed by atoms with Crippen molar-refractivity contribution >= 4 is 5.95 Å². The van der Waals surface area contributed by atoms with Crippen molar-refractivity contribution in [3.8, 4) is 0 Å². The standard InChI is InChI=1S/C16H28N4/c1-12(11-17-4)10-15-13(2)18-16(19-14(15)3)20-8-6-5-7-9-20/h12,17H,5-11H2,1-4H3. The first kappa shape index (κ1) is 15.2. The second-order valence-corrected chi connectivity index (χ2v) is 6.09. The van der Waals surface area contributed by atoms with E-state index in [0.717, 1.165) is 43.4 Å². The van der Waals surface area contributed by atoms with Crippen LogP contribution < -0.4 is 10.2 Å². The normalized spacial score (nSPS) is 17.3. The predicted molar refractivity (Wildman–Crippen MR) is 84.4 cm³/mol. The van der Waals surface area contributed by atoms with Crippen molar-refractivity contribution in [2.45, 2.75) is 46.5 Å². The summed E-state index contributed by atoms with van der Waals surface area (Å²) in [6, 6.07) is 0. The highest BCUT2D eigenvalue weighted by atomic mass is 15.3. The van der Waals surface area contributed by atoms with E-state index in [1.807, 2.05) is 7.05 Å². The first-order valence-corrected chi connectivity index (χ1v) is 7.85. The summed E-state index contributed by atoms with van der Waals surface area (Å²) in [6.07, 6.45) is 4.93. The average Bonchev–Trinajstić information content (AvgIpc) is 2.44. The molecule has 2 rings (SSSR count). The van der Waals surface area contributed by atoms with Crippen LogP contribution in [0.3, 0.4) is 0 Å². The summed E-state index contributed by atoms with van der Waals surface area (Å²) in [5, 5.41) is 3.24. The van der Waals surface area contributed by atoms with Crippen molar-refractivity contribution in [1.29, 1.82) is 0 Å². The van der Waals surface area contributed by atoms with Gasteiger partial charge in [-0.25, -0.2) is 9.97 Å². The zero-order chi connectivity index (χ0) is 14.5. The van der Waals surface area contributed by atoms with E-state index in [9.17, 15) is 0 Å². The molecule has 0 aliphatic carbocycles. The molecule has 1 aliphatic rings. The number of anilines is 1. The van der Waals surface area contributed by atoms with Gasteiger partial charge in [0.05, 0.1) is 0 Å². The van der Waals surface area contributed by atoms with Crippen LogP contribution in [0.1, 0.15) is 43.1 Å². The van der Waals surface area contributed by atoms with Crippen molar-refractivity contribution in [3.05, 3.63) is 17.0 Å². The monoisotopic (exact) mass is 276 g/mol. The van der Waals surface area contributed by atoms with Gasteiger partial charge in [-0.05, 0) is 64.6 Å². The highest BCUT2D eigenvalue weighted by Crippen LogP contribution is 2.21. The van der Waals surface area contributed by atoms with Crippen LogP contribution in [0.5, 0.6) is 0 Å². The largest absolute Gasteiger partial charge is 0.341 e. The number of nitrogens with one attached hydrogen (secondary N) is 1. The maximum atomic E-state index is 4.77. The van der Waals surface area contributed by atoms with Crippen molar-refractivity contribution in [3.63, 3.8) is 0 Å². The molecule has 0 aromatic carbocycles. The Kier molecular flexibility index (Phi) is 5.35. The molecule has 1 aromatic heterocycles. The van der Waals surface area contributed by atoms with E-state index < -0.39 is 0 Å². The molecule has 1 aliphatic heterocycles. The molecule has 2 heterocycles.